The smallest absolute Gasteiger partial charge is 0.308 e. The van der Waals surface area contributed by atoms with E-state index in [0.29, 0.717) is 5.75 Å². The topological polar surface area (TPSA) is 63.6 Å². The fourth-order valence-corrected chi connectivity index (χ4v) is 2.11. The van der Waals surface area contributed by atoms with Crippen LogP contribution in [-0.2, 0) is 16.0 Å². The van der Waals surface area contributed by atoms with E-state index in [-0.39, 0.29) is 12.4 Å². The Hall–Kier alpha value is -2.88. The Morgan fingerprint density at radius 2 is 1.71 bits per heavy atom. The molecule has 2 aromatic carbocycles. The summed E-state index contributed by atoms with van der Waals surface area (Å²) in [6.07, 6.45) is 0.112. The summed E-state index contributed by atoms with van der Waals surface area (Å²) >= 11 is 0. The minimum atomic E-state index is -0.786. The molecule has 0 bridgehead atoms. The maximum atomic E-state index is 10.7. The van der Waals surface area contributed by atoms with E-state index in [0.717, 1.165) is 22.3 Å². The number of ether oxygens (including phenoxy) is 1. The molecule has 0 atom stereocenters. The van der Waals surface area contributed by atoms with Crippen LogP contribution in [-0.4, -0.2) is 17.0 Å². The summed E-state index contributed by atoms with van der Waals surface area (Å²) in [6, 6.07) is 14.7. The van der Waals surface area contributed by atoms with Crippen molar-refractivity contribution in [3.8, 4) is 5.75 Å². The number of benzene rings is 2. The molecule has 0 aliphatic carbocycles. The number of esters is 1. The van der Waals surface area contributed by atoms with Crippen molar-refractivity contribution in [2.45, 2.75) is 27.2 Å². The van der Waals surface area contributed by atoms with Crippen LogP contribution in [0.2, 0.25) is 0 Å². The maximum Gasteiger partial charge on any atom is 0.308 e. The van der Waals surface area contributed by atoms with E-state index >= 15 is 0 Å². The molecule has 0 saturated carbocycles. The third-order valence-electron chi connectivity index (χ3n) is 3.12. The number of carbonyl (C=O) groups excluding carboxylic acids is 1. The van der Waals surface area contributed by atoms with E-state index < -0.39 is 5.97 Å². The average molecular weight is 326 g/mol. The van der Waals surface area contributed by atoms with Crippen molar-refractivity contribution in [3.63, 3.8) is 0 Å². The summed E-state index contributed by atoms with van der Waals surface area (Å²) in [4.78, 5) is 20.9. The highest BCUT2D eigenvalue weighted by molar-refractivity contribution is 5.71. The molecular weight excluding hydrogens is 304 g/mol. The number of carboxylic acids is 1. The van der Waals surface area contributed by atoms with Gasteiger partial charge in [0.1, 0.15) is 5.75 Å². The standard InChI is InChI=1S/C12H14O2.C8H8O2/c1-8(2)12-6-5-11(7-9(12)3)14-10(4)13;9-8(10)6-7-4-2-1-3-5-7/h5-7H,1H2,2-4H3;1-5H,6H2,(H,9,10). The van der Waals surface area contributed by atoms with Crippen molar-refractivity contribution in [3.05, 3.63) is 71.8 Å². The highest BCUT2D eigenvalue weighted by Crippen LogP contribution is 2.22. The molecule has 0 unspecified atom stereocenters. The number of allylic oxidation sites excluding steroid dienone is 1. The highest BCUT2D eigenvalue weighted by Gasteiger charge is 2.02. The Morgan fingerprint density at radius 1 is 1.08 bits per heavy atom. The molecule has 0 heterocycles. The van der Waals surface area contributed by atoms with Crippen LogP contribution in [0, 0.1) is 6.92 Å². The lowest BCUT2D eigenvalue weighted by Gasteiger charge is -2.07. The Kier molecular flexibility index (Phi) is 7.43. The van der Waals surface area contributed by atoms with Gasteiger partial charge in [0.25, 0.3) is 0 Å². The van der Waals surface area contributed by atoms with Crippen LogP contribution in [0.3, 0.4) is 0 Å². The van der Waals surface area contributed by atoms with Crippen LogP contribution in [0.25, 0.3) is 5.57 Å². The summed E-state index contributed by atoms with van der Waals surface area (Å²) < 4.78 is 4.96. The van der Waals surface area contributed by atoms with Gasteiger partial charge in [-0.05, 0) is 42.7 Å². The molecule has 2 aromatic rings. The largest absolute Gasteiger partial charge is 0.481 e. The van der Waals surface area contributed by atoms with Gasteiger partial charge in [0.2, 0.25) is 0 Å². The van der Waals surface area contributed by atoms with Crippen LogP contribution in [0.15, 0.2) is 55.1 Å². The molecule has 4 heteroatoms. The Labute approximate surface area is 142 Å². The molecule has 0 aromatic heterocycles. The molecule has 0 saturated heterocycles. The lowest BCUT2D eigenvalue weighted by molar-refractivity contribution is -0.136. The molecule has 2 rings (SSSR count). The van der Waals surface area contributed by atoms with E-state index in [4.69, 9.17) is 9.84 Å². The number of rotatable bonds is 4. The fourth-order valence-electron chi connectivity index (χ4n) is 2.11. The van der Waals surface area contributed by atoms with E-state index in [1.807, 2.05) is 44.2 Å². The number of carboxylic acid groups (broad SMARTS) is 1. The van der Waals surface area contributed by atoms with E-state index in [2.05, 4.69) is 6.58 Å². The van der Waals surface area contributed by atoms with Crippen molar-refractivity contribution in [1.82, 2.24) is 0 Å². The second-order valence-electron chi connectivity index (χ2n) is 5.41. The van der Waals surface area contributed by atoms with Crippen LogP contribution >= 0.6 is 0 Å². The van der Waals surface area contributed by atoms with E-state index in [1.165, 1.54) is 6.92 Å². The molecule has 0 fully saturated rings. The summed E-state index contributed by atoms with van der Waals surface area (Å²) in [5, 5.41) is 8.37. The highest BCUT2D eigenvalue weighted by atomic mass is 16.5. The van der Waals surface area contributed by atoms with Gasteiger partial charge < -0.3 is 9.84 Å². The molecule has 126 valence electrons. The molecule has 0 amide bonds. The van der Waals surface area contributed by atoms with Crippen molar-refractivity contribution in [2.24, 2.45) is 0 Å². The minimum Gasteiger partial charge on any atom is -0.481 e. The first-order valence-electron chi connectivity index (χ1n) is 7.50. The first kappa shape index (κ1) is 19.2. The van der Waals surface area contributed by atoms with Gasteiger partial charge >= 0.3 is 11.9 Å². The predicted molar refractivity (Wildman–Crippen MR) is 95.0 cm³/mol. The normalized spacial score (nSPS) is 9.46. The van der Waals surface area contributed by atoms with Gasteiger partial charge in [0, 0.05) is 6.92 Å². The molecule has 0 aliphatic rings. The van der Waals surface area contributed by atoms with Gasteiger partial charge in [0.15, 0.2) is 0 Å². The first-order chi connectivity index (χ1) is 11.3. The molecule has 1 N–H and O–H groups in total. The lowest BCUT2D eigenvalue weighted by Crippen LogP contribution is -2.01. The molecule has 0 aliphatic heterocycles. The molecular formula is C20H22O4. The molecule has 4 nitrogen and oxygen atoms in total. The zero-order valence-electron chi connectivity index (χ0n) is 14.2. The maximum absolute atomic E-state index is 10.7. The summed E-state index contributed by atoms with van der Waals surface area (Å²) in [5.41, 5.74) is 4.02. The van der Waals surface area contributed by atoms with Gasteiger partial charge in [0.05, 0.1) is 6.42 Å². The van der Waals surface area contributed by atoms with Crippen molar-refractivity contribution >= 4 is 17.5 Å². The van der Waals surface area contributed by atoms with Gasteiger partial charge in [-0.3, -0.25) is 9.59 Å². The number of hydrogen-bond acceptors (Lipinski definition) is 3. The Bertz CT molecular complexity index is 718. The lowest BCUT2D eigenvalue weighted by atomic mass is 10.0. The van der Waals surface area contributed by atoms with Crippen molar-refractivity contribution in [2.75, 3.05) is 0 Å². The predicted octanol–water partition coefficient (Wildman–Crippen LogP) is 4.27. The molecule has 0 spiro atoms. The second kappa shape index (κ2) is 9.30. The number of hydrogen-bond donors (Lipinski definition) is 1. The fraction of sp³-hybridized carbons (Fsp3) is 0.200. The van der Waals surface area contributed by atoms with E-state index in [1.54, 1.807) is 18.2 Å². The van der Waals surface area contributed by atoms with Crippen LogP contribution in [0.4, 0.5) is 0 Å². The Morgan fingerprint density at radius 3 is 2.17 bits per heavy atom. The number of carbonyl (C=O) groups is 2. The van der Waals surface area contributed by atoms with Crippen molar-refractivity contribution in [1.29, 1.82) is 0 Å². The Balaban J connectivity index is 0.000000254. The van der Waals surface area contributed by atoms with Crippen LogP contribution in [0.5, 0.6) is 5.75 Å². The van der Waals surface area contributed by atoms with Gasteiger partial charge in [-0.15, -0.1) is 0 Å². The zero-order chi connectivity index (χ0) is 18.1. The minimum absolute atomic E-state index is 0.112. The summed E-state index contributed by atoms with van der Waals surface area (Å²) in [5.74, 6) is -0.501. The SMILES string of the molecule is C=C(C)c1ccc(OC(C)=O)cc1C.O=C(O)Cc1ccccc1. The zero-order valence-corrected chi connectivity index (χ0v) is 14.2. The third-order valence-corrected chi connectivity index (χ3v) is 3.12. The van der Waals surface area contributed by atoms with Crippen LogP contribution in [0.1, 0.15) is 30.5 Å². The summed E-state index contributed by atoms with van der Waals surface area (Å²) in [7, 11) is 0. The monoisotopic (exact) mass is 326 g/mol. The summed E-state index contributed by atoms with van der Waals surface area (Å²) in [6.45, 7) is 9.18. The van der Waals surface area contributed by atoms with Crippen LogP contribution < -0.4 is 4.74 Å². The van der Waals surface area contributed by atoms with Gasteiger partial charge in [-0.25, -0.2) is 0 Å². The van der Waals surface area contributed by atoms with Gasteiger partial charge in [-0.2, -0.15) is 0 Å². The quantitative estimate of drug-likeness (QED) is 0.673. The average Bonchev–Trinajstić information content (AvgIpc) is 2.47. The molecule has 0 radical (unpaired) electrons. The van der Waals surface area contributed by atoms with Crippen molar-refractivity contribution < 1.29 is 19.4 Å². The van der Waals surface area contributed by atoms with E-state index in [9.17, 15) is 9.59 Å². The second-order valence-corrected chi connectivity index (χ2v) is 5.41. The third kappa shape index (κ3) is 6.92. The molecule has 24 heavy (non-hydrogen) atoms. The number of aryl methyl sites for hydroxylation is 1. The first-order valence-corrected chi connectivity index (χ1v) is 7.50. The number of aliphatic carboxylic acids is 1. The van der Waals surface area contributed by atoms with Gasteiger partial charge in [-0.1, -0.05) is 48.6 Å².